The van der Waals surface area contributed by atoms with Gasteiger partial charge in [-0.25, -0.2) is 4.99 Å². The number of rotatable bonds is 10. The molecule has 2 aromatic rings. The number of guanidine groups is 1. The quantitative estimate of drug-likeness (QED) is 0.485. The molecule has 2 rings (SSSR count). The van der Waals surface area contributed by atoms with Crippen LogP contribution in [0.1, 0.15) is 25.0 Å². The van der Waals surface area contributed by atoms with Gasteiger partial charge in [-0.2, -0.15) is 0 Å². The maximum absolute atomic E-state index is 5.91. The molecule has 1 unspecified atom stereocenters. The van der Waals surface area contributed by atoms with E-state index in [4.69, 9.17) is 14.2 Å². The molecule has 0 heterocycles. The van der Waals surface area contributed by atoms with E-state index >= 15 is 0 Å². The molecule has 1 atom stereocenters. The Morgan fingerprint density at radius 1 is 1.04 bits per heavy atom. The number of hydrogen-bond donors (Lipinski definition) is 2. The fraction of sp³-hybridized carbons (Fsp3) is 0.409. The van der Waals surface area contributed by atoms with E-state index in [9.17, 15) is 0 Å². The van der Waals surface area contributed by atoms with E-state index < -0.39 is 0 Å². The van der Waals surface area contributed by atoms with Crippen LogP contribution in [-0.4, -0.2) is 39.4 Å². The van der Waals surface area contributed by atoms with E-state index in [0.717, 1.165) is 29.4 Å². The van der Waals surface area contributed by atoms with Crippen molar-refractivity contribution in [3.05, 3.63) is 59.7 Å². The second kappa shape index (κ2) is 11.9. The van der Waals surface area contributed by atoms with Gasteiger partial charge in [0.2, 0.25) is 0 Å². The van der Waals surface area contributed by atoms with E-state index in [1.54, 1.807) is 14.2 Å². The Hall–Kier alpha value is -2.73. The molecule has 0 bridgehead atoms. The summed E-state index contributed by atoms with van der Waals surface area (Å²) in [4.78, 5) is 4.65. The molecule has 152 valence electrons. The number of nitrogens with one attached hydrogen (secondary N) is 2. The van der Waals surface area contributed by atoms with Crippen molar-refractivity contribution in [2.45, 2.75) is 33.0 Å². The minimum Gasteiger partial charge on any atom is -0.493 e. The van der Waals surface area contributed by atoms with Crippen molar-refractivity contribution in [3.63, 3.8) is 0 Å². The minimum atomic E-state index is 0.172. The number of methoxy groups -OCH3 is 2. The third kappa shape index (κ3) is 7.12. The number of aliphatic imine (C=N–C) groups is 1. The summed E-state index contributed by atoms with van der Waals surface area (Å²) in [6, 6.07) is 16.1. The summed E-state index contributed by atoms with van der Waals surface area (Å²) in [6.07, 6.45) is 0. The predicted octanol–water partition coefficient (Wildman–Crippen LogP) is 3.36. The van der Waals surface area contributed by atoms with Gasteiger partial charge in [-0.3, -0.25) is 0 Å². The Bertz CT molecular complexity index is 735. The van der Waals surface area contributed by atoms with Crippen LogP contribution in [0.3, 0.4) is 0 Å². The molecule has 6 nitrogen and oxygen atoms in total. The van der Waals surface area contributed by atoms with Crippen LogP contribution in [0.2, 0.25) is 0 Å². The van der Waals surface area contributed by atoms with Gasteiger partial charge in [-0.1, -0.05) is 36.4 Å². The van der Waals surface area contributed by atoms with Crippen molar-refractivity contribution in [1.29, 1.82) is 0 Å². The van der Waals surface area contributed by atoms with Crippen LogP contribution in [0.15, 0.2) is 53.5 Å². The van der Waals surface area contributed by atoms with Gasteiger partial charge >= 0.3 is 0 Å². The lowest BCUT2D eigenvalue weighted by molar-refractivity contribution is 0.179. The zero-order valence-corrected chi connectivity index (χ0v) is 17.2. The van der Waals surface area contributed by atoms with Crippen molar-refractivity contribution in [2.24, 2.45) is 4.99 Å². The van der Waals surface area contributed by atoms with Crippen LogP contribution in [-0.2, 0) is 17.9 Å². The lowest BCUT2D eigenvalue weighted by Crippen LogP contribution is -2.43. The van der Waals surface area contributed by atoms with Gasteiger partial charge < -0.3 is 24.8 Å². The SMILES string of the molecule is CCNC(=NCc1ccc(OCc2ccccc2)c(OC)c1)NC(C)COC. The summed E-state index contributed by atoms with van der Waals surface area (Å²) in [7, 11) is 3.34. The summed E-state index contributed by atoms with van der Waals surface area (Å²) in [5, 5.41) is 6.57. The molecular weight excluding hydrogens is 354 g/mol. The average molecular weight is 386 g/mol. The van der Waals surface area contributed by atoms with E-state index in [2.05, 4.69) is 22.5 Å². The zero-order valence-electron chi connectivity index (χ0n) is 17.2. The summed E-state index contributed by atoms with van der Waals surface area (Å²) < 4.78 is 16.6. The van der Waals surface area contributed by atoms with Crippen LogP contribution < -0.4 is 20.1 Å². The topological polar surface area (TPSA) is 64.1 Å². The molecule has 6 heteroatoms. The van der Waals surface area contributed by atoms with Gasteiger partial charge in [0.1, 0.15) is 6.61 Å². The summed E-state index contributed by atoms with van der Waals surface area (Å²) >= 11 is 0. The van der Waals surface area contributed by atoms with E-state index in [1.165, 1.54) is 0 Å². The molecule has 2 N–H and O–H groups in total. The van der Waals surface area contributed by atoms with Crippen LogP contribution >= 0.6 is 0 Å². The van der Waals surface area contributed by atoms with Gasteiger partial charge in [0, 0.05) is 19.7 Å². The van der Waals surface area contributed by atoms with Crippen molar-refractivity contribution in [2.75, 3.05) is 27.4 Å². The molecule has 0 amide bonds. The zero-order chi connectivity index (χ0) is 20.2. The van der Waals surface area contributed by atoms with Crippen molar-refractivity contribution in [3.8, 4) is 11.5 Å². The molecular formula is C22H31N3O3. The summed E-state index contributed by atoms with van der Waals surface area (Å²) in [6.45, 7) is 6.54. The Morgan fingerprint density at radius 3 is 2.50 bits per heavy atom. The second-order valence-electron chi connectivity index (χ2n) is 6.46. The van der Waals surface area contributed by atoms with Crippen molar-refractivity contribution < 1.29 is 14.2 Å². The van der Waals surface area contributed by atoms with Gasteiger partial charge in [-0.05, 0) is 37.1 Å². The monoisotopic (exact) mass is 385 g/mol. The van der Waals surface area contributed by atoms with Gasteiger partial charge in [0.15, 0.2) is 17.5 Å². The van der Waals surface area contributed by atoms with Crippen molar-refractivity contribution in [1.82, 2.24) is 10.6 Å². The minimum absolute atomic E-state index is 0.172. The molecule has 28 heavy (non-hydrogen) atoms. The molecule has 0 fully saturated rings. The number of nitrogens with zero attached hydrogens (tertiary/aromatic N) is 1. The highest BCUT2D eigenvalue weighted by Gasteiger charge is 2.08. The predicted molar refractivity (Wildman–Crippen MR) is 113 cm³/mol. The first kappa shape index (κ1) is 21.6. The standard InChI is InChI=1S/C22H31N3O3/c1-5-23-22(25-17(2)15-26-3)24-14-19-11-12-20(21(13-19)27-4)28-16-18-9-7-6-8-10-18/h6-13,17H,5,14-16H2,1-4H3,(H2,23,24,25). The molecule has 0 aliphatic carbocycles. The fourth-order valence-corrected chi connectivity index (χ4v) is 2.68. The molecule has 0 spiro atoms. The van der Waals surface area contributed by atoms with Crippen LogP contribution in [0.25, 0.3) is 0 Å². The molecule has 0 radical (unpaired) electrons. The highest BCUT2D eigenvalue weighted by molar-refractivity contribution is 5.80. The lowest BCUT2D eigenvalue weighted by atomic mass is 10.2. The Balaban J connectivity index is 2.02. The fourth-order valence-electron chi connectivity index (χ4n) is 2.68. The van der Waals surface area contributed by atoms with Gasteiger partial charge in [0.25, 0.3) is 0 Å². The van der Waals surface area contributed by atoms with Crippen LogP contribution in [0.5, 0.6) is 11.5 Å². The summed E-state index contributed by atoms with van der Waals surface area (Å²) in [5.41, 5.74) is 2.16. The van der Waals surface area contributed by atoms with Crippen LogP contribution in [0, 0.1) is 0 Å². The number of ether oxygens (including phenoxy) is 3. The second-order valence-corrected chi connectivity index (χ2v) is 6.46. The van der Waals surface area contributed by atoms with E-state index in [-0.39, 0.29) is 6.04 Å². The molecule has 0 aliphatic rings. The first-order valence-electron chi connectivity index (χ1n) is 9.53. The van der Waals surface area contributed by atoms with E-state index in [1.807, 2.05) is 55.5 Å². The Labute approximate surface area is 167 Å². The number of hydrogen-bond acceptors (Lipinski definition) is 4. The smallest absolute Gasteiger partial charge is 0.191 e. The highest BCUT2D eigenvalue weighted by atomic mass is 16.5. The van der Waals surface area contributed by atoms with Gasteiger partial charge in [-0.15, -0.1) is 0 Å². The maximum Gasteiger partial charge on any atom is 0.191 e. The molecule has 0 aromatic heterocycles. The largest absolute Gasteiger partial charge is 0.493 e. The van der Waals surface area contributed by atoms with E-state index in [0.29, 0.717) is 25.5 Å². The Morgan fingerprint density at radius 2 is 1.82 bits per heavy atom. The molecule has 0 saturated heterocycles. The summed E-state index contributed by atoms with van der Waals surface area (Å²) in [5.74, 6) is 2.18. The average Bonchev–Trinajstić information content (AvgIpc) is 2.71. The molecule has 2 aromatic carbocycles. The third-order valence-corrected chi connectivity index (χ3v) is 4.03. The number of benzene rings is 2. The Kier molecular flexibility index (Phi) is 9.15. The highest BCUT2D eigenvalue weighted by Crippen LogP contribution is 2.29. The normalized spacial score (nSPS) is 12.4. The first-order valence-corrected chi connectivity index (χ1v) is 9.53. The third-order valence-electron chi connectivity index (χ3n) is 4.03. The van der Waals surface area contributed by atoms with Gasteiger partial charge in [0.05, 0.1) is 20.3 Å². The van der Waals surface area contributed by atoms with Crippen LogP contribution in [0.4, 0.5) is 0 Å². The molecule has 0 aliphatic heterocycles. The lowest BCUT2D eigenvalue weighted by Gasteiger charge is -2.17. The maximum atomic E-state index is 5.91. The van der Waals surface area contributed by atoms with Crippen molar-refractivity contribution >= 4 is 5.96 Å². The molecule has 0 saturated carbocycles. The first-order chi connectivity index (χ1) is 13.7.